The monoisotopic (exact) mass is 321 g/mol. The van der Waals surface area contributed by atoms with Gasteiger partial charge in [0.1, 0.15) is 5.75 Å². The van der Waals surface area contributed by atoms with E-state index >= 15 is 0 Å². The first-order chi connectivity index (χ1) is 10.9. The molecule has 0 aromatic heterocycles. The van der Waals surface area contributed by atoms with Crippen LogP contribution in [0.1, 0.15) is 46.3 Å². The van der Waals surface area contributed by atoms with Gasteiger partial charge in [0, 0.05) is 19.6 Å². The standard InChI is InChI=1S/C18H31N3O2/c1-6-19-18(20-11-13(2)3)21-12-17(22)15-7-9-16(10-8-15)23-14(4)5/h7-10,13-14,17,22H,6,11-12H2,1-5H3,(H2,19,20,21). The van der Waals surface area contributed by atoms with E-state index in [1.54, 1.807) is 0 Å². The Labute approximate surface area is 140 Å². The number of ether oxygens (including phenoxy) is 1. The van der Waals surface area contributed by atoms with E-state index in [-0.39, 0.29) is 6.10 Å². The third-order valence-electron chi connectivity index (χ3n) is 3.06. The molecule has 1 atom stereocenters. The predicted molar refractivity (Wildman–Crippen MR) is 96.0 cm³/mol. The van der Waals surface area contributed by atoms with Crippen molar-refractivity contribution in [2.24, 2.45) is 10.9 Å². The fourth-order valence-corrected chi connectivity index (χ4v) is 1.97. The van der Waals surface area contributed by atoms with Gasteiger partial charge in [-0.25, -0.2) is 0 Å². The highest BCUT2D eigenvalue weighted by molar-refractivity contribution is 5.79. The highest BCUT2D eigenvalue weighted by atomic mass is 16.5. The first-order valence-corrected chi connectivity index (χ1v) is 8.39. The van der Waals surface area contributed by atoms with Gasteiger partial charge in [0.25, 0.3) is 0 Å². The molecule has 1 unspecified atom stereocenters. The number of hydrogen-bond donors (Lipinski definition) is 3. The molecule has 23 heavy (non-hydrogen) atoms. The second-order valence-electron chi connectivity index (χ2n) is 6.25. The van der Waals surface area contributed by atoms with Crippen molar-refractivity contribution in [3.63, 3.8) is 0 Å². The molecule has 0 amide bonds. The Bertz CT molecular complexity index is 470. The van der Waals surface area contributed by atoms with Crippen LogP contribution in [0, 0.1) is 5.92 Å². The van der Waals surface area contributed by atoms with Crippen LogP contribution >= 0.6 is 0 Å². The summed E-state index contributed by atoms with van der Waals surface area (Å²) in [6.07, 6.45) is -0.446. The minimum Gasteiger partial charge on any atom is -0.491 e. The number of hydrogen-bond acceptors (Lipinski definition) is 3. The van der Waals surface area contributed by atoms with Crippen LogP contribution in [0.2, 0.25) is 0 Å². The van der Waals surface area contributed by atoms with Gasteiger partial charge in [-0.1, -0.05) is 26.0 Å². The molecular formula is C18H31N3O2. The third-order valence-corrected chi connectivity index (χ3v) is 3.06. The molecule has 1 rings (SSSR count). The molecule has 0 bridgehead atoms. The second-order valence-corrected chi connectivity index (χ2v) is 6.25. The third kappa shape index (κ3) is 7.88. The van der Waals surface area contributed by atoms with E-state index in [1.807, 2.05) is 45.0 Å². The maximum absolute atomic E-state index is 10.3. The lowest BCUT2D eigenvalue weighted by Crippen LogP contribution is -2.39. The van der Waals surface area contributed by atoms with Crippen LogP contribution in [0.4, 0.5) is 0 Å². The summed E-state index contributed by atoms with van der Waals surface area (Å²) in [6.45, 7) is 12.2. The van der Waals surface area contributed by atoms with Crippen molar-refractivity contribution in [3.8, 4) is 5.75 Å². The van der Waals surface area contributed by atoms with E-state index in [9.17, 15) is 5.11 Å². The molecule has 0 aliphatic carbocycles. The SMILES string of the molecule is CCNC(=NCC(C)C)NCC(O)c1ccc(OC(C)C)cc1. The average molecular weight is 321 g/mol. The minimum atomic E-state index is -0.592. The van der Waals surface area contributed by atoms with E-state index in [2.05, 4.69) is 29.5 Å². The lowest BCUT2D eigenvalue weighted by Gasteiger charge is -2.16. The normalized spacial score (nSPS) is 13.3. The van der Waals surface area contributed by atoms with Crippen LogP contribution in [0.25, 0.3) is 0 Å². The van der Waals surface area contributed by atoms with Gasteiger partial charge in [0.05, 0.1) is 12.2 Å². The van der Waals surface area contributed by atoms with Crippen molar-refractivity contribution in [1.29, 1.82) is 0 Å². The summed E-state index contributed by atoms with van der Waals surface area (Å²) in [5.74, 6) is 2.06. The molecular weight excluding hydrogens is 290 g/mol. The maximum Gasteiger partial charge on any atom is 0.191 e. The molecule has 0 fully saturated rings. The number of nitrogens with one attached hydrogen (secondary N) is 2. The number of aliphatic hydroxyl groups is 1. The molecule has 0 aliphatic rings. The van der Waals surface area contributed by atoms with Gasteiger partial charge in [-0.15, -0.1) is 0 Å². The molecule has 0 radical (unpaired) electrons. The number of nitrogens with zero attached hydrogens (tertiary/aromatic N) is 1. The van der Waals surface area contributed by atoms with Crippen molar-refractivity contribution in [2.75, 3.05) is 19.6 Å². The molecule has 0 saturated heterocycles. The molecule has 5 nitrogen and oxygen atoms in total. The molecule has 5 heteroatoms. The second kappa shape index (κ2) is 10.1. The zero-order chi connectivity index (χ0) is 17.2. The Morgan fingerprint density at radius 2 is 1.78 bits per heavy atom. The Morgan fingerprint density at radius 3 is 2.30 bits per heavy atom. The molecule has 3 N–H and O–H groups in total. The summed E-state index contributed by atoms with van der Waals surface area (Å²) in [4.78, 5) is 4.49. The van der Waals surface area contributed by atoms with E-state index in [1.165, 1.54) is 0 Å². The number of rotatable bonds is 8. The zero-order valence-corrected chi connectivity index (χ0v) is 15.0. The van der Waals surface area contributed by atoms with Crippen LogP contribution in [-0.2, 0) is 0 Å². The maximum atomic E-state index is 10.3. The Hall–Kier alpha value is -1.75. The van der Waals surface area contributed by atoms with E-state index in [0.29, 0.717) is 12.5 Å². The summed E-state index contributed by atoms with van der Waals surface area (Å²) in [5.41, 5.74) is 0.855. The van der Waals surface area contributed by atoms with Crippen LogP contribution in [-0.4, -0.2) is 36.8 Å². The first kappa shape index (κ1) is 19.3. The molecule has 130 valence electrons. The molecule has 0 aliphatic heterocycles. The lowest BCUT2D eigenvalue weighted by atomic mass is 10.1. The number of aliphatic hydroxyl groups excluding tert-OH is 1. The fraction of sp³-hybridized carbons (Fsp3) is 0.611. The molecule has 1 aromatic carbocycles. The van der Waals surface area contributed by atoms with Crippen LogP contribution < -0.4 is 15.4 Å². The Morgan fingerprint density at radius 1 is 1.13 bits per heavy atom. The zero-order valence-electron chi connectivity index (χ0n) is 15.0. The fourth-order valence-electron chi connectivity index (χ4n) is 1.97. The summed E-state index contributed by atoms with van der Waals surface area (Å²) in [5, 5.41) is 16.7. The van der Waals surface area contributed by atoms with Gasteiger partial charge in [0.2, 0.25) is 0 Å². The van der Waals surface area contributed by atoms with Crippen molar-refractivity contribution in [1.82, 2.24) is 10.6 Å². The highest BCUT2D eigenvalue weighted by Gasteiger charge is 2.09. The highest BCUT2D eigenvalue weighted by Crippen LogP contribution is 2.18. The van der Waals surface area contributed by atoms with Crippen molar-refractivity contribution in [2.45, 2.75) is 46.8 Å². The number of benzene rings is 1. The van der Waals surface area contributed by atoms with Gasteiger partial charge in [-0.3, -0.25) is 4.99 Å². The number of guanidine groups is 1. The van der Waals surface area contributed by atoms with E-state index in [4.69, 9.17) is 4.74 Å². The van der Waals surface area contributed by atoms with Gasteiger partial charge in [0.15, 0.2) is 5.96 Å². The quantitative estimate of drug-likeness (QED) is 0.509. The minimum absolute atomic E-state index is 0.146. The van der Waals surface area contributed by atoms with Crippen LogP contribution in [0.3, 0.4) is 0 Å². The van der Waals surface area contributed by atoms with Crippen molar-refractivity contribution < 1.29 is 9.84 Å². The van der Waals surface area contributed by atoms with Crippen molar-refractivity contribution in [3.05, 3.63) is 29.8 Å². The summed E-state index contributed by atoms with van der Waals surface area (Å²) in [7, 11) is 0. The van der Waals surface area contributed by atoms with Crippen LogP contribution in [0.5, 0.6) is 5.75 Å². The molecule has 0 spiro atoms. The van der Waals surface area contributed by atoms with Gasteiger partial charge >= 0.3 is 0 Å². The largest absolute Gasteiger partial charge is 0.491 e. The molecule has 1 aromatic rings. The van der Waals surface area contributed by atoms with Gasteiger partial charge in [-0.05, 0) is 44.4 Å². The van der Waals surface area contributed by atoms with Gasteiger partial charge < -0.3 is 20.5 Å². The lowest BCUT2D eigenvalue weighted by molar-refractivity contribution is 0.180. The van der Waals surface area contributed by atoms with Gasteiger partial charge in [-0.2, -0.15) is 0 Å². The van der Waals surface area contributed by atoms with E-state index in [0.717, 1.165) is 30.4 Å². The van der Waals surface area contributed by atoms with E-state index < -0.39 is 6.10 Å². The number of aliphatic imine (C=N–C) groups is 1. The summed E-state index contributed by atoms with van der Waals surface area (Å²) >= 11 is 0. The predicted octanol–water partition coefficient (Wildman–Crippen LogP) is 2.72. The molecule has 0 saturated carbocycles. The topological polar surface area (TPSA) is 65.9 Å². The Balaban J connectivity index is 2.56. The average Bonchev–Trinajstić information content (AvgIpc) is 2.49. The van der Waals surface area contributed by atoms with Crippen molar-refractivity contribution >= 4 is 5.96 Å². The summed E-state index contributed by atoms with van der Waals surface area (Å²) < 4.78 is 5.61. The Kier molecular flexibility index (Phi) is 8.48. The first-order valence-electron chi connectivity index (χ1n) is 8.39. The molecule has 0 heterocycles. The smallest absolute Gasteiger partial charge is 0.191 e. The van der Waals surface area contributed by atoms with Crippen LogP contribution in [0.15, 0.2) is 29.3 Å². The summed E-state index contributed by atoms with van der Waals surface area (Å²) in [6, 6.07) is 7.55.